The van der Waals surface area contributed by atoms with Crippen molar-refractivity contribution >= 4 is 0 Å². The van der Waals surface area contributed by atoms with Gasteiger partial charge in [-0.3, -0.25) is 0 Å². The molecule has 0 aromatic heterocycles. The van der Waals surface area contributed by atoms with E-state index in [1.807, 2.05) is 0 Å². The summed E-state index contributed by atoms with van der Waals surface area (Å²) in [5, 5.41) is 3.42. The minimum atomic E-state index is 0.772. The number of piperidine rings is 1. The third-order valence-corrected chi connectivity index (χ3v) is 4.04. The molecule has 19 heavy (non-hydrogen) atoms. The van der Waals surface area contributed by atoms with E-state index < -0.39 is 0 Å². The first-order valence-corrected chi connectivity index (χ1v) is 7.23. The van der Waals surface area contributed by atoms with Gasteiger partial charge in [0.1, 0.15) is 11.5 Å². The molecule has 0 spiro atoms. The molecule has 0 atom stereocenters. The van der Waals surface area contributed by atoms with Crippen LogP contribution in [0.5, 0.6) is 11.5 Å². The van der Waals surface area contributed by atoms with Crippen molar-refractivity contribution in [3.8, 4) is 11.5 Å². The predicted octanol–water partition coefficient (Wildman–Crippen LogP) is 2.81. The van der Waals surface area contributed by atoms with Crippen molar-refractivity contribution in [2.45, 2.75) is 32.6 Å². The Bertz CT molecular complexity index is 411. The zero-order chi connectivity index (χ0) is 13.7. The van der Waals surface area contributed by atoms with Crippen LogP contribution in [-0.2, 0) is 12.8 Å². The van der Waals surface area contributed by atoms with Gasteiger partial charge in [-0.05, 0) is 56.3 Å². The summed E-state index contributed by atoms with van der Waals surface area (Å²) < 4.78 is 11.1. The van der Waals surface area contributed by atoms with Crippen LogP contribution in [0.15, 0.2) is 12.1 Å². The first-order chi connectivity index (χ1) is 9.30. The Hall–Kier alpha value is -1.22. The fourth-order valence-electron chi connectivity index (χ4n) is 3.00. The molecule has 1 aliphatic heterocycles. The Kier molecular flexibility index (Phi) is 5.08. The van der Waals surface area contributed by atoms with Gasteiger partial charge >= 0.3 is 0 Å². The molecule has 1 fully saturated rings. The lowest BCUT2D eigenvalue weighted by atomic mass is 9.89. The van der Waals surface area contributed by atoms with Gasteiger partial charge in [-0.25, -0.2) is 0 Å². The SMILES string of the molecule is CCc1c(OC)ccc(CC2CCNCC2)c1OC. The van der Waals surface area contributed by atoms with Crippen LogP contribution in [0.2, 0.25) is 0 Å². The van der Waals surface area contributed by atoms with Crippen LogP contribution in [0.4, 0.5) is 0 Å². The van der Waals surface area contributed by atoms with Crippen LogP contribution >= 0.6 is 0 Å². The van der Waals surface area contributed by atoms with Gasteiger partial charge in [0.25, 0.3) is 0 Å². The highest BCUT2D eigenvalue weighted by molar-refractivity contribution is 5.50. The smallest absolute Gasteiger partial charge is 0.128 e. The van der Waals surface area contributed by atoms with Crippen molar-refractivity contribution in [3.05, 3.63) is 23.3 Å². The van der Waals surface area contributed by atoms with Crippen molar-refractivity contribution in [2.24, 2.45) is 5.92 Å². The summed E-state index contributed by atoms with van der Waals surface area (Å²) in [7, 11) is 3.49. The Morgan fingerprint density at radius 3 is 2.47 bits per heavy atom. The summed E-state index contributed by atoms with van der Waals surface area (Å²) >= 11 is 0. The van der Waals surface area contributed by atoms with E-state index >= 15 is 0 Å². The highest BCUT2D eigenvalue weighted by atomic mass is 16.5. The largest absolute Gasteiger partial charge is 0.496 e. The minimum absolute atomic E-state index is 0.772. The van der Waals surface area contributed by atoms with Crippen molar-refractivity contribution in [1.82, 2.24) is 5.32 Å². The van der Waals surface area contributed by atoms with Gasteiger partial charge in [0.05, 0.1) is 14.2 Å². The molecular formula is C16H25NO2. The van der Waals surface area contributed by atoms with Gasteiger partial charge in [-0.15, -0.1) is 0 Å². The summed E-state index contributed by atoms with van der Waals surface area (Å²) in [6.45, 7) is 4.43. The van der Waals surface area contributed by atoms with Crippen LogP contribution in [0.3, 0.4) is 0 Å². The van der Waals surface area contributed by atoms with Crippen molar-refractivity contribution in [3.63, 3.8) is 0 Å². The molecule has 0 amide bonds. The van der Waals surface area contributed by atoms with E-state index in [2.05, 4.69) is 24.4 Å². The van der Waals surface area contributed by atoms with Gasteiger partial charge in [-0.2, -0.15) is 0 Å². The van der Waals surface area contributed by atoms with E-state index in [1.54, 1.807) is 14.2 Å². The van der Waals surface area contributed by atoms with Crippen LogP contribution in [-0.4, -0.2) is 27.3 Å². The normalized spacial score (nSPS) is 16.4. The van der Waals surface area contributed by atoms with Crippen molar-refractivity contribution in [2.75, 3.05) is 27.3 Å². The number of hydrogen-bond donors (Lipinski definition) is 1. The molecule has 2 rings (SSSR count). The first kappa shape index (κ1) is 14.2. The van der Waals surface area contributed by atoms with Crippen LogP contribution in [0, 0.1) is 5.92 Å². The van der Waals surface area contributed by atoms with Gasteiger partial charge in [0.15, 0.2) is 0 Å². The fourth-order valence-corrected chi connectivity index (χ4v) is 3.00. The number of rotatable bonds is 5. The summed E-state index contributed by atoms with van der Waals surface area (Å²) in [5.74, 6) is 2.74. The lowest BCUT2D eigenvalue weighted by Crippen LogP contribution is -2.28. The molecule has 0 saturated carbocycles. The maximum atomic E-state index is 5.66. The average molecular weight is 263 g/mol. The number of ether oxygens (including phenoxy) is 2. The maximum Gasteiger partial charge on any atom is 0.128 e. The molecule has 106 valence electrons. The second kappa shape index (κ2) is 6.80. The summed E-state index contributed by atoms with van der Waals surface area (Å²) in [5.41, 5.74) is 2.52. The Morgan fingerprint density at radius 1 is 1.16 bits per heavy atom. The molecule has 1 N–H and O–H groups in total. The second-order valence-electron chi connectivity index (χ2n) is 5.19. The van der Waals surface area contributed by atoms with Crippen LogP contribution in [0.25, 0.3) is 0 Å². The number of hydrogen-bond acceptors (Lipinski definition) is 3. The Morgan fingerprint density at radius 2 is 1.89 bits per heavy atom. The zero-order valence-corrected chi connectivity index (χ0v) is 12.3. The molecule has 1 heterocycles. The molecule has 0 radical (unpaired) electrons. The van der Waals surface area contributed by atoms with Gasteiger partial charge < -0.3 is 14.8 Å². The molecule has 1 aromatic rings. The molecule has 0 unspecified atom stereocenters. The molecule has 3 nitrogen and oxygen atoms in total. The summed E-state index contributed by atoms with van der Waals surface area (Å²) in [6, 6.07) is 4.25. The molecule has 3 heteroatoms. The fraction of sp³-hybridized carbons (Fsp3) is 0.625. The highest BCUT2D eigenvalue weighted by Gasteiger charge is 2.18. The van der Waals surface area contributed by atoms with E-state index in [4.69, 9.17) is 9.47 Å². The van der Waals surface area contributed by atoms with Crippen molar-refractivity contribution in [1.29, 1.82) is 0 Å². The van der Waals surface area contributed by atoms with E-state index in [1.165, 1.54) is 24.0 Å². The molecular weight excluding hydrogens is 238 g/mol. The summed E-state index contributed by atoms with van der Waals surface area (Å²) in [4.78, 5) is 0. The summed E-state index contributed by atoms with van der Waals surface area (Å²) in [6.07, 6.45) is 4.57. The Balaban J connectivity index is 2.23. The lowest BCUT2D eigenvalue weighted by molar-refractivity contribution is 0.355. The minimum Gasteiger partial charge on any atom is -0.496 e. The van der Waals surface area contributed by atoms with E-state index in [9.17, 15) is 0 Å². The van der Waals surface area contributed by atoms with E-state index in [0.29, 0.717) is 0 Å². The molecule has 0 aliphatic carbocycles. The number of benzene rings is 1. The average Bonchev–Trinajstić information content (AvgIpc) is 2.47. The molecule has 1 aromatic carbocycles. The molecule has 1 aliphatic rings. The van der Waals surface area contributed by atoms with Crippen molar-refractivity contribution < 1.29 is 9.47 Å². The van der Waals surface area contributed by atoms with Crippen LogP contribution < -0.4 is 14.8 Å². The molecule has 0 bridgehead atoms. The zero-order valence-electron chi connectivity index (χ0n) is 12.3. The van der Waals surface area contributed by atoms with E-state index in [0.717, 1.165) is 43.3 Å². The molecule has 1 saturated heterocycles. The number of methoxy groups -OCH3 is 2. The van der Waals surface area contributed by atoms with Gasteiger partial charge in [0, 0.05) is 5.56 Å². The first-order valence-electron chi connectivity index (χ1n) is 7.23. The van der Waals surface area contributed by atoms with Gasteiger partial charge in [-0.1, -0.05) is 13.0 Å². The van der Waals surface area contributed by atoms with Gasteiger partial charge in [0.2, 0.25) is 0 Å². The highest BCUT2D eigenvalue weighted by Crippen LogP contribution is 2.34. The predicted molar refractivity (Wildman–Crippen MR) is 78.2 cm³/mol. The quantitative estimate of drug-likeness (QED) is 0.886. The maximum absolute atomic E-state index is 5.66. The third kappa shape index (κ3) is 3.21. The second-order valence-corrected chi connectivity index (χ2v) is 5.19. The number of nitrogens with one attached hydrogen (secondary N) is 1. The van der Waals surface area contributed by atoms with E-state index in [-0.39, 0.29) is 0 Å². The Labute approximate surface area is 116 Å². The standard InChI is InChI=1S/C16H25NO2/c1-4-14-15(18-2)6-5-13(16(14)19-3)11-12-7-9-17-10-8-12/h5-6,12,17H,4,7-11H2,1-3H3. The monoisotopic (exact) mass is 263 g/mol. The topological polar surface area (TPSA) is 30.5 Å². The third-order valence-electron chi connectivity index (χ3n) is 4.04. The van der Waals surface area contributed by atoms with Crippen LogP contribution in [0.1, 0.15) is 30.9 Å². The lowest BCUT2D eigenvalue weighted by Gasteiger charge is -2.24.